The summed E-state index contributed by atoms with van der Waals surface area (Å²) in [6.45, 7) is 0. The fraction of sp³-hybridized carbons (Fsp3) is 0.308. The molecule has 1 unspecified atom stereocenters. The molecule has 0 fully saturated rings. The Morgan fingerprint density at radius 3 is 2.76 bits per heavy atom. The Hall–Kier alpha value is -0.900. The number of benzene rings is 1. The lowest BCUT2D eigenvalue weighted by Gasteiger charge is -2.14. The SMILES string of the molecule is OC1CCCc2sc(-c3ccc(Cl)cc3)nc21. The quantitative estimate of drug-likeness (QED) is 0.850. The van der Waals surface area contributed by atoms with E-state index in [2.05, 4.69) is 4.98 Å². The molecule has 1 aromatic carbocycles. The molecule has 88 valence electrons. The Morgan fingerprint density at radius 1 is 1.29 bits per heavy atom. The van der Waals surface area contributed by atoms with E-state index >= 15 is 0 Å². The molecule has 0 aliphatic heterocycles. The van der Waals surface area contributed by atoms with Crippen LogP contribution in [0, 0.1) is 0 Å². The Morgan fingerprint density at radius 2 is 2.06 bits per heavy atom. The molecule has 1 aliphatic rings. The highest BCUT2D eigenvalue weighted by atomic mass is 35.5. The van der Waals surface area contributed by atoms with E-state index in [0.29, 0.717) is 0 Å². The summed E-state index contributed by atoms with van der Waals surface area (Å²) < 4.78 is 0. The van der Waals surface area contributed by atoms with Crippen molar-refractivity contribution in [3.63, 3.8) is 0 Å². The predicted octanol–water partition coefficient (Wildman–Crippen LogP) is 3.83. The fourth-order valence-corrected chi connectivity index (χ4v) is 3.40. The van der Waals surface area contributed by atoms with Crippen LogP contribution >= 0.6 is 22.9 Å². The molecule has 3 rings (SSSR count). The Labute approximate surface area is 109 Å². The first kappa shape index (κ1) is 11.2. The van der Waals surface area contributed by atoms with E-state index in [9.17, 15) is 5.11 Å². The van der Waals surface area contributed by atoms with Crippen molar-refractivity contribution >= 4 is 22.9 Å². The number of hydrogen-bond acceptors (Lipinski definition) is 3. The maximum Gasteiger partial charge on any atom is 0.123 e. The minimum atomic E-state index is -0.379. The smallest absolute Gasteiger partial charge is 0.123 e. The lowest BCUT2D eigenvalue weighted by atomic mass is 10.0. The Balaban J connectivity index is 2.02. The topological polar surface area (TPSA) is 33.1 Å². The van der Waals surface area contributed by atoms with Crippen molar-refractivity contribution in [2.24, 2.45) is 0 Å². The van der Waals surface area contributed by atoms with Crippen LogP contribution in [0.1, 0.15) is 29.5 Å². The first-order valence-electron chi connectivity index (χ1n) is 5.67. The number of halogens is 1. The van der Waals surface area contributed by atoms with Gasteiger partial charge in [-0.2, -0.15) is 0 Å². The van der Waals surface area contributed by atoms with Gasteiger partial charge in [0.2, 0.25) is 0 Å². The Kier molecular flexibility index (Phi) is 2.90. The third-order valence-corrected chi connectivity index (χ3v) is 4.45. The van der Waals surface area contributed by atoms with E-state index in [4.69, 9.17) is 11.6 Å². The molecule has 0 spiro atoms. The van der Waals surface area contributed by atoms with Gasteiger partial charge in [0, 0.05) is 15.5 Å². The number of aliphatic hydroxyl groups excluding tert-OH is 1. The zero-order chi connectivity index (χ0) is 11.8. The second-order valence-electron chi connectivity index (χ2n) is 4.24. The summed E-state index contributed by atoms with van der Waals surface area (Å²) in [6, 6.07) is 7.68. The van der Waals surface area contributed by atoms with Crippen LogP contribution in [0.15, 0.2) is 24.3 Å². The minimum Gasteiger partial charge on any atom is -0.387 e. The van der Waals surface area contributed by atoms with Gasteiger partial charge in [-0.15, -0.1) is 11.3 Å². The molecule has 0 radical (unpaired) electrons. The number of aromatic nitrogens is 1. The number of aryl methyl sites for hydroxylation is 1. The normalized spacial score (nSPS) is 19.1. The number of rotatable bonds is 1. The molecule has 1 heterocycles. The predicted molar refractivity (Wildman–Crippen MR) is 70.5 cm³/mol. The van der Waals surface area contributed by atoms with Crippen molar-refractivity contribution in [2.45, 2.75) is 25.4 Å². The van der Waals surface area contributed by atoms with Crippen LogP contribution in [0.3, 0.4) is 0 Å². The largest absolute Gasteiger partial charge is 0.387 e. The lowest BCUT2D eigenvalue weighted by molar-refractivity contribution is 0.153. The average Bonchev–Trinajstić information content (AvgIpc) is 2.75. The maximum atomic E-state index is 9.89. The number of fused-ring (bicyclic) bond motifs is 1. The molecule has 0 saturated carbocycles. The number of nitrogens with zero attached hydrogens (tertiary/aromatic N) is 1. The molecule has 0 bridgehead atoms. The molecule has 1 aliphatic carbocycles. The molecule has 4 heteroatoms. The van der Waals surface area contributed by atoms with Gasteiger partial charge in [0.05, 0.1) is 11.8 Å². The van der Waals surface area contributed by atoms with E-state index in [-0.39, 0.29) is 6.10 Å². The summed E-state index contributed by atoms with van der Waals surface area (Å²) in [5, 5.41) is 11.6. The third kappa shape index (κ3) is 2.10. The van der Waals surface area contributed by atoms with Crippen molar-refractivity contribution < 1.29 is 5.11 Å². The van der Waals surface area contributed by atoms with E-state index in [1.807, 2.05) is 24.3 Å². The average molecular weight is 266 g/mol. The van der Waals surface area contributed by atoms with Crippen LogP contribution < -0.4 is 0 Å². The highest BCUT2D eigenvalue weighted by molar-refractivity contribution is 7.15. The first-order valence-corrected chi connectivity index (χ1v) is 6.87. The van der Waals surface area contributed by atoms with Gasteiger partial charge >= 0.3 is 0 Å². The summed E-state index contributed by atoms with van der Waals surface area (Å²) in [6.07, 6.45) is 2.54. The molecule has 2 nitrogen and oxygen atoms in total. The van der Waals surface area contributed by atoms with Crippen molar-refractivity contribution in [1.82, 2.24) is 4.98 Å². The lowest BCUT2D eigenvalue weighted by Crippen LogP contribution is -2.07. The van der Waals surface area contributed by atoms with Gasteiger partial charge in [-0.1, -0.05) is 23.7 Å². The highest BCUT2D eigenvalue weighted by Gasteiger charge is 2.23. The van der Waals surface area contributed by atoms with Crippen LogP contribution in [-0.2, 0) is 6.42 Å². The minimum absolute atomic E-state index is 0.379. The summed E-state index contributed by atoms with van der Waals surface area (Å²) >= 11 is 7.55. The molecular weight excluding hydrogens is 254 g/mol. The molecule has 2 aromatic rings. The monoisotopic (exact) mass is 265 g/mol. The van der Waals surface area contributed by atoms with Gasteiger partial charge in [-0.05, 0) is 31.4 Å². The molecular formula is C13H12ClNOS. The van der Waals surface area contributed by atoms with Gasteiger partial charge in [0.25, 0.3) is 0 Å². The zero-order valence-electron chi connectivity index (χ0n) is 9.19. The van der Waals surface area contributed by atoms with Gasteiger partial charge in [-0.3, -0.25) is 0 Å². The van der Waals surface area contributed by atoms with E-state index < -0.39 is 0 Å². The van der Waals surface area contributed by atoms with Crippen LogP contribution in [0.5, 0.6) is 0 Å². The maximum absolute atomic E-state index is 9.89. The molecule has 0 amide bonds. The molecule has 0 saturated heterocycles. The van der Waals surface area contributed by atoms with Crippen LogP contribution in [0.4, 0.5) is 0 Å². The van der Waals surface area contributed by atoms with E-state index in [1.165, 1.54) is 4.88 Å². The standard InChI is InChI=1S/C13H12ClNOS/c14-9-6-4-8(5-7-9)13-15-12-10(16)2-1-3-11(12)17-13/h4-7,10,16H,1-3H2. The third-order valence-electron chi connectivity index (χ3n) is 3.02. The second kappa shape index (κ2) is 4.41. The van der Waals surface area contributed by atoms with E-state index in [1.54, 1.807) is 11.3 Å². The van der Waals surface area contributed by atoms with Crippen molar-refractivity contribution in [1.29, 1.82) is 0 Å². The molecule has 1 aromatic heterocycles. The first-order chi connectivity index (χ1) is 8.24. The summed E-state index contributed by atoms with van der Waals surface area (Å²) in [4.78, 5) is 5.79. The van der Waals surface area contributed by atoms with Crippen molar-refractivity contribution in [3.05, 3.63) is 39.9 Å². The summed E-state index contributed by atoms with van der Waals surface area (Å²) in [7, 11) is 0. The summed E-state index contributed by atoms with van der Waals surface area (Å²) in [5.74, 6) is 0. The van der Waals surface area contributed by atoms with Crippen LogP contribution in [0.25, 0.3) is 10.6 Å². The van der Waals surface area contributed by atoms with Gasteiger partial charge in [-0.25, -0.2) is 4.98 Å². The van der Waals surface area contributed by atoms with Gasteiger partial charge in [0.15, 0.2) is 0 Å². The van der Waals surface area contributed by atoms with E-state index in [0.717, 1.165) is 40.6 Å². The van der Waals surface area contributed by atoms with Crippen molar-refractivity contribution in [2.75, 3.05) is 0 Å². The fourth-order valence-electron chi connectivity index (χ4n) is 2.11. The zero-order valence-corrected chi connectivity index (χ0v) is 10.8. The molecule has 1 atom stereocenters. The second-order valence-corrected chi connectivity index (χ2v) is 5.76. The highest BCUT2D eigenvalue weighted by Crippen LogP contribution is 2.37. The summed E-state index contributed by atoms with van der Waals surface area (Å²) in [5.41, 5.74) is 1.95. The van der Waals surface area contributed by atoms with Gasteiger partial charge < -0.3 is 5.11 Å². The van der Waals surface area contributed by atoms with Crippen LogP contribution in [0.2, 0.25) is 5.02 Å². The molecule has 17 heavy (non-hydrogen) atoms. The van der Waals surface area contributed by atoms with Gasteiger partial charge in [0.1, 0.15) is 5.01 Å². The molecule has 1 N–H and O–H groups in total. The number of hydrogen-bond donors (Lipinski definition) is 1. The Bertz CT molecular complexity index is 535. The van der Waals surface area contributed by atoms with Crippen LogP contribution in [-0.4, -0.2) is 10.1 Å². The number of thiazole rings is 1. The number of aliphatic hydroxyl groups is 1. The van der Waals surface area contributed by atoms with Crippen molar-refractivity contribution in [3.8, 4) is 10.6 Å².